The fourth-order valence-corrected chi connectivity index (χ4v) is 4.91. The second-order valence-corrected chi connectivity index (χ2v) is 8.63. The van der Waals surface area contributed by atoms with Gasteiger partial charge in [-0.05, 0) is 44.4 Å². The highest BCUT2D eigenvalue weighted by Gasteiger charge is 2.27. The normalized spacial score (nSPS) is 23.2. The molecule has 5 nitrogen and oxygen atoms in total. The molecule has 0 aromatic rings. The van der Waals surface area contributed by atoms with E-state index in [2.05, 4.69) is 10.6 Å². The number of carbonyl (C=O) groups is 2. The fraction of sp³-hybridized carbons (Fsp3) is 0.905. The molecule has 26 heavy (non-hydrogen) atoms. The molecule has 3 aliphatic rings. The highest BCUT2D eigenvalue weighted by Crippen LogP contribution is 2.28. The highest BCUT2D eigenvalue weighted by atomic mass is 16.2. The number of amides is 3. The molecule has 2 aliphatic carbocycles. The van der Waals surface area contributed by atoms with Crippen LogP contribution in [0.15, 0.2) is 0 Å². The van der Waals surface area contributed by atoms with Crippen LogP contribution in [0.5, 0.6) is 0 Å². The number of urea groups is 1. The van der Waals surface area contributed by atoms with Gasteiger partial charge in [0.15, 0.2) is 0 Å². The van der Waals surface area contributed by atoms with E-state index in [1.54, 1.807) is 0 Å². The summed E-state index contributed by atoms with van der Waals surface area (Å²) < 4.78 is 0. The molecule has 0 aromatic heterocycles. The van der Waals surface area contributed by atoms with Gasteiger partial charge in [0.1, 0.15) is 0 Å². The Labute approximate surface area is 158 Å². The van der Waals surface area contributed by atoms with Crippen LogP contribution in [0.3, 0.4) is 0 Å². The van der Waals surface area contributed by atoms with Crippen LogP contribution in [0.2, 0.25) is 0 Å². The Bertz CT molecular complexity index is 448. The zero-order chi connectivity index (χ0) is 18.2. The summed E-state index contributed by atoms with van der Waals surface area (Å²) in [4.78, 5) is 26.6. The standard InChI is InChI=1S/C21H37N3O2/c25-20(18-10-2-1-3-11-18)23-19-12-15-24(16-13-19)21(26)22-14-6-9-17-7-4-5-8-17/h17-19H,1-16H2,(H,22,26)(H,23,25). The minimum absolute atomic E-state index is 0.0773. The summed E-state index contributed by atoms with van der Waals surface area (Å²) >= 11 is 0. The van der Waals surface area contributed by atoms with Gasteiger partial charge in [-0.25, -0.2) is 4.79 Å². The van der Waals surface area contributed by atoms with Crippen molar-refractivity contribution < 1.29 is 9.59 Å². The van der Waals surface area contributed by atoms with Crippen molar-refractivity contribution in [3.05, 3.63) is 0 Å². The van der Waals surface area contributed by atoms with Crippen LogP contribution in [-0.2, 0) is 4.79 Å². The third kappa shape index (κ3) is 5.88. The van der Waals surface area contributed by atoms with Gasteiger partial charge >= 0.3 is 6.03 Å². The summed E-state index contributed by atoms with van der Waals surface area (Å²) in [6.07, 6.45) is 15.4. The van der Waals surface area contributed by atoms with Crippen LogP contribution >= 0.6 is 0 Å². The van der Waals surface area contributed by atoms with E-state index in [0.717, 1.165) is 57.7 Å². The molecule has 1 saturated heterocycles. The highest BCUT2D eigenvalue weighted by molar-refractivity contribution is 5.79. The molecule has 5 heteroatoms. The molecule has 1 heterocycles. The summed E-state index contributed by atoms with van der Waals surface area (Å²) in [6.45, 7) is 2.31. The van der Waals surface area contributed by atoms with E-state index in [0.29, 0.717) is 0 Å². The maximum absolute atomic E-state index is 12.4. The first-order valence-corrected chi connectivity index (χ1v) is 11.1. The number of nitrogens with zero attached hydrogens (tertiary/aromatic N) is 1. The van der Waals surface area contributed by atoms with Crippen molar-refractivity contribution in [3.8, 4) is 0 Å². The van der Waals surface area contributed by atoms with Gasteiger partial charge in [0.25, 0.3) is 0 Å². The Hall–Kier alpha value is -1.26. The largest absolute Gasteiger partial charge is 0.353 e. The average Bonchev–Trinajstić information content (AvgIpc) is 3.20. The molecule has 0 radical (unpaired) electrons. The van der Waals surface area contributed by atoms with Gasteiger partial charge in [0, 0.05) is 31.6 Å². The smallest absolute Gasteiger partial charge is 0.317 e. The van der Waals surface area contributed by atoms with E-state index in [-0.39, 0.29) is 23.9 Å². The van der Waals surface area contributed by atoms with E-state index in [9.17, 15) is 9.59 Å². The first-order valence-electron chi connectivity index (χ1n) is 11.1. The number of piperidine rings is 1. The summed E-state index contributed by atoms with van der Waals surface area (Å²) in [6, 6.07) is 0.323. The van der Waals surface area contributed by atoms with Crippen LogP contribution in [-0.4, -0.2) is 42.5 Å². The monoisotopic (exact) mass is 363 g/mol. The van der Waals surface area contributed by atoms with Crippen molar-refractivity contribution in [2.75, 3.05) is 19.6 Å². The second kappa shape index (κ2) is 10.2. The summed E-state index contributed by atoms with van der Waals surface area (Å²) in [5, 5.41) is 6.32. The quantitative estimate of drug-likeness (QED) is 0.705. The molecular formula is C21H37N3O2. The van der Waals surface area contributed by atoms with Gasteiger partial charge < -0.3 is 15.5 Å². The molecule has 0 spiro atoms. The zero-order valence-electron chi connectivity index (χ0n) is 16.3. The maximum Gasteiger partial charge on any atom is 0.317 e. The van der Waals surface area contributed by atoms with Gasteiger partial charge in [0.2, 0.25) is 5.91 Å². The van der Waals surface area contributed by atoms with Crippen LogP contribution in [0.1, 0.15) is 83.5 Å². The van der Waals surface area contributed by atoms with Gasteiger partial charge in [-0.3, -0.25) is 4.79 Å². The van der Waals surface area contributed by atoms with E-state index < -0.39 is 0 Å². The predicted octanol–water partition coefficient (Wildman–Crippen LogP) is 3.83. The number of rotatable bonds is 6. The molecule has 2 saturated carbocycles. The molecule has 0 aromatic carbocycles. The molecule has 3 rings (SSSR count). The third-order valence-electron chi connectivity index (χ3n) is 6.64. The maximum atomic E-state index is 12.4. The lowest BCUT2D eigenvalue weighted by Gasteiger charge is -2.33. The van der Waals surface area contributed by atoms with E-state index in [1.807, 2.05) is 4.90 Å². The van der Waals surface area contributed by atoms with Crippen molar-refractivity contribution in [2.24, 2.45) is 11.8 Å². The summed E-state index contributed by atoms with van der Waals surface area (Å²) in [7, 11) is 0. The fourth-order valence-electron chi connectivity index (χ4n) is 4.91. The van der Waals surface area contributed by atoms with E-state index >= 15 is 0 Å². The topological polar surface area (TPSA) is 61.4 Å². The van der Waals surface area contributed by atoms with Gasteiger partial charge in [-0.15, -0.1) is 0 Å². The number of nitrogens with one attached hydrogen (secondary N) is 2. The third-order valence-corrected chi connectivity index (χ3v) is 6.64. The molecule has 0 unspecified atom stereocenters. The van der Waals surface area contributed by atoms with E-state index in [4.69, 9.17) is 0 Å². The van der Waals surface area contributed by atoms with E-state index in [1.165, 1.54) is 51.4 Å². The second-order valence-electron chi connectivity index (χ2n) is 8.63. The van der Waals surface area contributed by atoms with Crippen LogP contribution in [0, 0.1) is 11.8 Å². The summed E-state index contributed by atoms with van der Waals surface area (Å²) in [5.74, 6) is 1.37. The number of carbonyl (C=O) groups excluding carboxylic acids is 2. The Morgan fingerprint density at radius 3 is 2.19 bits per heavy atom. The predicted molar refractivity (Wildman–Crippen MR) is 104 cm³/mol. The lowest BCUT2D eigenvalue weighted by molar-refractivity contribution is -0.126. The minimum Gasteiger partial charge on any atom is -0.353 e. The molecule has 3 amide bonds. The van der Waals surface area contributed by atoms with Gasteiger partial charge in [-0.2, -0.15) is 0 Å². The first kappa shape index (κ1) is 19.5. The van der Waals surface area contributed by atoms with Crippen molar-refractivity contribution >= 4 is 11.9 Å². The average molecular weight is 364 g/mol. The van der Waals surface area contributed by atoms with Crippen molar-refractivity contribution in [3.63, 3.8) is 0 Å². The number of hydrogen-bond donors (Lipinski definition) is 2. The Morgan fingerprint density at radius 2 is 1.50 bits per heavy atom. The molecule has 0 bridgehead atoms. The van der Waals surface area contributed by atoms with Crippen molar-refractivity contribution in [1.29, 1.82) is 0 Å². The molecular weight excluding hydrogens is 326 g/mol. The molecule has 2 N–H and O–H groups in total. The van der Waals surface area contributed by atoms with Gasteiger partial charge in [0.05, 0.1) is 0 Å². The van der Waals surface area contributed by atoms with Crippen LogP contribution in [0.4, 0.5) is 4.79 Å². The number of hydrogen-bond acceptors (Lipinski definition) is 2. The molecule has 148 valence electrons. The Balaban J connectivity index is 1.27. The molecule has 0 atom stereocenters. The van der Waals surface area contributed by atoms with Crippen molar-refractivity contribution in [1.82, 2.24) is 15.5 Å². The van der Waals surface area contributed by atoms with Crippen LogP contribution in [0.25, 0.3) is 0 Å². The van der Waals surface area contributed by atoms with Gasteiger partial charge in [-0.1, -0.05) is 44.9 Å². The summed E-state index contributed by atoms with van der Waals surface area (Å²) in [5.41, 5.74) is 0. The lowest BCUT2D eigenvalue weighted by Crippen LogP contribution is -2.50. The Kier molecular flexibility index (Phi) is 7.63. The van der Waals surface area contributed by atoms with Crippen molar-refractivity contribution in [2.45, 2.75) is 89.5 Å². The number of likely N-dealkylation sites (tertiary alicyclic amines) is 1. The van der Waals surface area contributed by atoms with Crippen LogP contribution < -0.4 is 10.6 Å². The first-order chi connectivity index (χ1) is 12.7. The zero-order valence-corrected chi connectivity index (χ0v) is 16.3. The lowest BCUT2D eigenvalue weighted by atomic mass is 9.88. The molecule has 3 fully saturated rings. The SMILES string of the molecule is O=C(NC1CCN(C(=O)NCCCC2CCCC2)CC1)C1CCCCC1. The minimum atomic E-state index is 0.0773. The molecule has 1 aliphatic heterocycles. The Morgan fingerprint density at radius 1 is 0.846 bits per heavy atom.